The molecule has 0 atom stereocenters. The van der Waals surface area contributed by atoms with Gasteiger partial charge < -0.3 is 5.11 Å². The first-order valence-electron chi connectivity index (χ1n) is 7.81. The van der Waals surface area contributed by atoms with Gasteiger partial charge in [-0.2, -0.15) is 5.10 Å². The zero-order chi connectivity index (χ0) is 16.4. The quantitative estimate of drug-likeness (QED) is 0.552. The van der Waals surface area contributed by atoms with E-state index in [0.29, 0.717) is 0 Å². The van der Waals surface area contributed by atoms with Crippen LogP contribution in [-0.2, 0) is 0 Å². The van der Waals surface area contributed by atoms with Gasteiger partial charge in [0.15, 0.2) is 0 Å². The van der Waals surface area contributed by atoms with E-state index in [9.17, 15) is 5.11 Å². The minimum Gasteiger partial charge on any atom is -0.508 e. The zero-order valence-corrected chi connectivity index (χ0v) is 13.0. The predicted octanol–water partition coefficient (Wildman–Crippen LogP) is 5.12. The van der Waals surface area contributed by atoms with E-state index in [-0.39, 0.29) is 5.75 Å². The van der Waals surface area contributed by atoms with Gasteiger partial charge in [-0.05, 0) is 29.8 Å². The predicted molar refractivity (Wildman–Crippen MR) is 96.6 cm³/mol. The van der Waals surface area contributed by atoms with E-state index in [1.165, 1.54) is 0 Å². The fraction of sp³-hybridized carbons (Fsp3) is 0. The zero-order valence-electron chi connectivity index (χ0n) is 13.0. The third-order valence-corrected chi connectivity index (χ3v) is 4.03. The van der Waals surface area contributed by atoms with Crippen molar-refractivity contribution in [1.29, 1.82) is 0 Å². The van der Waals surface area contributed by atoms with E-state index in [1.807, 2.05) is 48.5 Å². The number of phenols is 1. The first-order chi connectivity index (χ1) is 11.8. The third kappa shape index (κ3) is 2.57. The third-order valence-electron chi connectivity index (χ3n) is 4.03. The van der Waals surface area contributed by atoms with Crippen molar-refractivity contribution < 1.29 is 5.11 Å². The summed E-state index contributed by atoms with van der Waals surface area (Å²) < 4.78 is 0. The average Bonchev–Trinajstić information content (AvgIpc) is 3.09. The van der Waals surface area contributed by atoms with Gasteiger partial charge in [0, 0.05) is 16.7 Å². The molecule has 0 saturated carbocycles. The summed E-state index contributed by atoms with van der Waals surface area (Å²) in [6.45, 7) is 0. The Hall–Kier alpha value is -3.33. The molecule has 0 bridgehead atoms. The minimum atomic E-state index is 0.253. The Balaban J connectivity index is 1.95. The Bertz CT molecular complexity index is 942. The summed E-state index contributed by atoms with van der Waals surface area (Å²) in [6.07, 6.45) is 0. The maximum Gasteiger partial charge on any atom is 0.115 e. The summed E-state index contributed by atoms with van der Waals surface area (Å²) in [7, 11) is 0. The van der Waals surface area contributed by atoms with Crippen molar-refractivity contribution in [2.75, 3.05) is 0 Å². The second-order valence-corrected chi connectivity index (χ2v) is 5.60. The molecular formula is C21H16N2O. The lowest BCUT2D eigenvalue weighted by molar-refractivity contribution is 0.475. The van der Waals surface area contributed by atoms with Crippen LogP contribution in [0.3, 0.4) is 0 Å². The molecule has 0 saturated heterocycles. The maximum absolute atomic E-state index is 9.55. The SMILES string of the molecule is Oc1ccc(-c2[nH]nc(-c3ccccc3)c2-c2ccccc2)cc1. The van der Waals surface area contributed by atoms with E-state index >= 15 is 0 Å². The molecule has 0 aliphatic rings. The number of nitrogens with one attached hydrogen (secondary N) is 1. The van der Waals surface area contributed by atoms with Crippen LogP contribution >= 0.6 is 0 Å². The van der Waals surface area contributed by atoms with Crippen molar-refractivity contribution in [2.45, 2.75) is 0 Å². The molecule has 116 valence electrons. The molecule has 3 nitrogen and oxygen atoms in total. The van der Waals surface area contributed by atoms with Gasteiger partial charge in [-0.25, -0.2) is 0 Å². The topological polar surface area (TPSA) is 48.9 Å². The van der Waals surface area contributed by atoms with Crippen LogP contribution in [0.15, 0.2) is 84.9 Å². The van der Waals surface area contributed by atoms with Gasteiger partial charge in [-0.15, -0.1) is 0 Å². The number of aromatic hydroxyl groups is 1. The number of H-pyrrole nitrogens is 1. The molecule has 0 amide bonds. The van der Waals surface area contributed by atoms with Crippen molar-refractivity contribution in [2.24, 2.45) is 0 Å². The Morgan fingerprint density at radius 2 is 1.21 bits per heavy atom. The van der Waals surface area contributed by atoms with Crippen molar-refractivity contribution in [3.63, 3.8) is 0 Å². The molecule has 0 aliphatic heterocycles. The molecule has 0 fully saturated rings. The summed E-state index contributed by atoms with van der Waals surface area (Å²) in [5, 5.41) is 17.3. The van der Waals surface area contributed by atoms with Gasteiger partial charge in [0.2, 0.25) is 0 Å². The van der Waals surface area contributed by atoms with Crippen LogP contribution in [0.5, 0.6) is 5.75 Å². The monoisotopic (exact) mass is 312 g/mol. The highest BCUT2D eigenvalue weighted by Crippen LogP contribution is 2.38. The van der Waals surface area contributed by atoms with Crippen molar-refractivity contribution in [1.82, 2.24) is 10.2 Å². The first-order valence-corrected chi connectivity index (χ1v) is 7.81. The number of phenolic OH excluding ortho intramolecular Hbond substituents is 1. The Labute approximate surface area is 140 Å². The molecule has 0 unspecified atom stereocenters. The number of hydrogen-bond acceptors (Lipinski definition) is 2. The summed E-state index contributed by atoms with van der Waals surface area (Å²) in [6, 6.07) is 27.5. The van der Waals surface area contributed by atoms with Crippen LogP contribution in [0.4, 0.5) is 0 Å². The summed E-state index contributed by atoms with van der Waals surface area (Å²) in [5.41, 5.74) is 6.09. The number of aromatic nitrogens is 2. The molecule has 0 spiro atoms. The molecule has 1 aromatic heterocycles. The fourth-order valence-electron chi connectivity index (χ4n) is 2.87. The molecule has 4 aromatic rings. The summed E-state index contributed by atoms with van der Waals surface area (Å²) in [5.74, 6) is 0.253. The normalized spacial score (nSPS) is 10.7. The molecule has 3 aromatic carbocycles. The highest BCUT2D eigenvalue weighted by Gasteiger charge is 2.17. The number of aromatic amines is 1. The molecule has 3 heteroatoms. The lowest BCUT2D eigenvalue weighted by atomic mass is 9.96. The number of nitrogens with zero attached hydrogens (tertiary/aromatic N) is 1. The Morgan fingerprint density at radius 3 is 1.83 bits per heavy atom. The van der Waals surface area contributed by atoms with E-state index in [4.69, 9.17) is 0 Å². The van der Waals surface area contributed by atoms with E-state index in [1.54, 1.807) is 12.1 Å². The standard InChI is InChI=1S/C21H16N2O/c24-18-13-11-17(12-14-18)21-19(15-7-3-1-4-8-15)20(22-23-21)16-9-5-2-6-10-16/h1-14,24H,(H,22,23). The molecular weight excluding hydrogens is 296 g/mol. The van der Waals surface area contributed by atoms with Crippen LogP contribution in [0, 0.1) is 0 Å². The Morgan fingerprint density at radius 1 is 0.625 bits per heavy atom. The smallest absolute Gasteiger partial charge is 0.115 e. The van der Waals surface area contributed by atoms with Gasteiger partial charge in [-0.3, -0.25) is 5.10 Å². The number of hydrogen-bond donors (Lipinski definition) is 2. The molecule has 0 aliphatic carbocycles. The number of rotatable bonds is 3. The van der Waals surface area contributed by atoms with E-state index in [0.717, 1.165) is 33.6 Å². The maximum atomic E-state index is 9.55. The second-order valence-electron chi connectivity index (χ2n) is 5.60. The molecule has 0 radical (unpaired) electrons. The lowest BCUT2D eigenvalue weighted by Gasteiger charge is -2.07. The molecule has 2 N–H and O–H groups in total. The second kappa shape index (κ2) is 6.05. The Kier molecular flexibility index (Phi) is 3.60. The molecule has 4 rings (SSSR count). The van der Waals surface area contributed by atoms with E-state index in [2.05, 4.69) is 34.5 Å². The highest BCUT2D eigenvalue weighted by molar-refractivity contribution is 5.91. The van der Waals surface area contributed by atoms with Gasteiger partial charge >= 0.3 is 0 Å². The van der Waals surface area contributed by atoms with Crippen LogP contribution < -0.4 is 0 Å². The lowest BCUT2D eigenvalue weighted by Crippen LogP contribution is -1.85. The van der Waals surface area contributed by atoms with Gasteiger partial charge in [0.05, 0.1) is 5.69 Å². The van der Waals surface area contributed by atoms with Gasteiger partial charge in [0.1, 0.15) is 11.4 Å². The average molecular weight is 312 g/mol. The first kappa shape index (κ1) is 14.3. The fourth-order valence-corrected chi connectivity index (χ4v) is 2.87. The molecule has 24 heavy (non-hydrogen) atoms. The van der Waals surface area contributed by atoms with Crippen molar-refractivity contribution >= 4 is 0 Å². The van der Waals surface area contributed by atoms with E-state index < -0.39 is 0 Å². The van der Waals surface area contributed by atoms with Crippen LogP contribution in [0.2, 0.25) is 0 Å². The van der Waals surface area contributed by atoms with Crippen molar-refractivity contribution in [3.8, 4) is 39.4 Å². The largest absolute Gasteiger partial charge is 0.508 e. The van der Waals surface area contributed by atoms with Gasteiger partial charge in [-0.1, -0.05) is 60.7 Å². The van der Waals surface area contributed by atoms with Crippen molar-refractivity contribution in [3.05, 3.63) is 84.9 Å². The summed E-state index contributed by atoms with van der Waals surface area (Å²) >= 11 is 0. The van der Waals surface area contributed by atoms with Gasteiger partial charge in [0.25, 0.3) is 0 Å². The highest BCUT2D eigenvalue weighted by atomic mass is 16.3. The van der Waals surface area contributed by atoms with Crippen LogP contribution in [0.1, 0.15) is 0 Å². The minimum absolute atomic E-state index is 0.253. The summed E-state index contributed by atoms with van der Waals surface area (Å²) in [4.78, 5) is 0. The molecule has 1 heterocycles. The van der Waals surface area contributed by atoms with Crippen LogP contribution in [-0.4, -0.2) is 15.3 Å². The number of benzene rings is 3. The van der Waals surface area contributed by atoms with Crippen LogP contribution in [0.25, 0.3) is 33.6 Å².